The fourth-order valence-corrected chi connectivity index (χ4v) is 1.30. The van der Waals surface area contributed by atoms with Crippen LogP contribution in [0.5, 0.6) is 0 Å². The minimum absolute atomic E-state index is 0.110. The first-order chi connectivity index (χ1) is 6.56. The molecule has 7 heteroatoms. The normalized spacial score (nSPS) is 9.86. The maximum absolute atomic E-state index is 11.2. The van der Waals surface area contributed by atoms with Crippen molar-refractivity contribution < 1.29 is 9.53 Å². The summed E-state index contributed by atoms with van der Waals surface area (Å²) < 4.78 is 4.76. The summed E-state index contributed by atoms with van der Waals surface area (Å²) in [6.07, 6.45) is 0. The molecule has 0 saturated heterocycles. The van der Waals surface area contributed by atoms with Gasteiger partial charge in [0.2, 0.25) is 0 Å². The van der Waals surface area contributed by atoms with Gasteiger partial charge in [-0.15, -0.1) is 0 Å². The molecule has 0 aromatic carbocycles. The number of carbonyl (C=O) groups excluding carboxylic acids is 1. The molecule has 1 aromatic heterocycles. The number of carbonyl (C=O) groups is 1. The maximum atomic E-state index is 11.2. The smallest absolute Gasteiger partial charge is 0.356 e. The lowest BCUT2D eigenvalue weighted by atomic mass is 10.4. The van der Waals surface area contributed by atoms with Crippen LogP contribution in [0.2, 0.25) is 0 Å². The van der Waals surface area contributed by atoms with Crippen LogP contribution in [0.1, 0.15) is 17.4 Å². The number of aromatic nitrogens is 2. The maximum Gasteiger partial charge on any atom is 0.356 e. The highest BCUT2D eigenvalue weighted by Crippen LogP contribution is 2.02. The van der Waals surface area contributed by atoms with Gasteiger partial charge in [0, 0.05) is 0 Å². The Balaban J connectivity index is 3.27. The van der Waals surface area contributed by atoms with Crippen LogP contribution in [0.25, 0.3) is 0 Å². The lowest BCUT2D eigenvalue weighted by Crippen LogP contribution is -2.29. The predicted molar refractivity (Wildman–Crippen MR) is 56.4 cm³/mol. The van der Waals surface area contributed by atoms with E-state index < -0.39 is 17.2 Å². The summed E-state index contributed by atoms with van der Waals surface area (Å²) in [4.78, 5) is 37.4. The van der Waals surface area contributed by atoms with Crippen molar-refractivity contribution in [1.29, 1.82) is 0 Å². The van der Waals surface area contributed by atoms with Crippen LogP contribution in [0.3, 0.4) is 0 Å². The van der Waals surface area contributed by atoms with E-state index in [0.717, 1.165) is 0 Å². The van der Waals surface area contributed by atoms with E-state index in [-0.39, 0.29) is 15.9 Å². The molecule has 0 aliphatic carbocycles. The van der Waals surface area contributed by atoms with E-state index in [4.69, 9.17) is 0 Å². The summed E-state index contributed by atoms with van der Waals surface area (Å²) in [5, 5.41) is 0. The minimum atomic E-state index is -0.724. The number of nitrogens with one attached hydrogen (secondary N) is 2. The van der Waals surface area contributed by atoms with Crippen LogP contribution < -0.4 is 11.2 Å². The molecule has 1 rings (SSSR count). The zero-order chi connectivity index (χ0) is 10.7. The van der Waals surface area contributed by atoms with Gasteiger partial charge in [0.15, 0.2) is 0 Å². The standard InChI is InChI=1S/C7H7IN2O4/c1-2-14-6(12)4-3(8)5(11)10-7(13)9-4/h2H2,1H3,(H2,9,10,11,13). The number of hydrogen-bond acceptors (Lipinski definition) is 4. The first kappa shape index (κ1) is 11.0. The van der Waals surface area contributed by atoms with Crippen LogP contribution in [-0.4, -0.2) is 22.5 Å². The van der Waals surface area contributed by atoms with Gasteiger partial charge in [0.25, 0.3) is 5.56 Å². The minimum Gasteiger partial charge on any atom is -0.461 e. The second-order valence-electron chi connectivity index (χ2n) is 2.32. The number of ether oxygens (including phenoxy) is 1. The molecule has 0 unspecified atom stereocenters. The van der Waals surface area contributed by atoms with Gasteiger partial charge < -0.3 is 9.72 Å². The lowest BCUT2D eigenvalue weighted by Gasteiger charge is -2.01. The van der Waals surface area contributed by atoms with Crippen molar-refractivity contribution in [2.45, 2.75) is 6.92 Å². The molecule has 0 atom stereocenters. The molecule has 0 aliphatic rings. The third-order valence-electron chi connectivity index (χ3n) is 1.36. The molecule has 0 bridgehead atoms. The van der Waals surface area contributed by atoms with Crippen LogP contribution in [0.15, 0.2) is 9.59 Å². The zero-order valence-electron chi connectivity index (χ0n) is 7.22. The number of aromatic amines is 2. The summed E-state index contributed by atoms with van der Waals surface area (Å²) in [5.41, 5.74) is -1.43. The topological polar surface area (TPSA) is 92.0 Å². The van der Waals surface area contributed by atoms with Crippen molar-refractivity contribution in [2.75, 3.05) is 6.61 Å². The van der Waals surface area contributed by atoms with Crippen LogP contribution in [0, 0.1) is 3.57 Å². The molecular weight excluding hydrogens is 303 g/mol. The van der Waals surface area contributed by atoms with Crippen molar-refractivity contribution in [3.05, 3.63) is 30.1 Å². The van der Waals surface area contributed by atoms with Gasteiger partial charge in [-0.05, 0) is 29.5 Å². The van der Waals surface area contributed by atoms with Crippen molar-refractivity contribution >= 4 is 28.6 Å². The molecule has 1 aromatic rings. The molecule has 0 radical (unpaired) electrons. The Labute approximate surface area is 91.8 Å². The van der Waals surface area contributed by atoms with Gasteiger partial charge >= 0.3 is 11.7 Å². The number of hydrogen-bond donors (Lipinski definition) is 2. The molecule has 76 valence electrons. The third-order valence-corrected chi connectivity index (χ3v) is 2.39. The van der Waals surface area contributed by atoms with E-state index in [0.29, 0.717) is 0 Å². The quantitative estimate of drug-likeness (QED) is 0.587. The van der Waals surface area contributed by atoms with Crippen molar-refractivity contribution in [2.24, 2.45) is 0 Å². The summed E-state index contributed by atoms with van der Waals surface area (Å²) in [6.45, 7) is 1.82. The highest BCUT2D eigenvalue weighted by molar-refractivity contribution is 14.1. The van der Waals surface area contributed by atoms with Gasteiger partial charge in [0.1, 0.15) is 9.26 Å². The van der Waals surface area contributed by atoms with Gasteiger partial charge in [-0.3, -0.25) is 9.78 Å². The van der Waals surface area contributed by atoms with E-state index in [1.54, 1.807) is 29.5 Å². The Hall–Kier alpha value is -1.12. The fourth-order valence-electron chi connectivity index (χ4n) is 0.815. The summed E-state index contributed by atoms with van der Waals surface area (Å²) in [7, 11) is 0. The number of rotatable bonds is 2. The molecule has 1 heterocycles. The van der Waals surface area contributed by atoms with Crippen molar-refractivity contribution in [3.63, 3.8) is 0 Å². The molecule has 14 heavy (non-hydrogen) atoms. The van der Waals surface area contributed by atoms with Gasteiger partial charge in [-0.25, -0.2) is 9.59 Å². The summed E-state index contributed by atoms with van der Waals surface area (Å²) in [5.74, 6) is -0.708. The van der Waals surface area contributed by atoms with E-state index in [1.165, 1.54) is 0 Å². The Morgan fingerprint density at radius 2 is 2.07 bits per heavy atom. The predicted octanol–water partition coefficient (Wildman–Crippen LogP) is -0.156. The second kappa shape index (κ2) is 4.40. The third kappa shape index (κ3) is 2.22. The van der Waals surface area contributed by atoms with Crippen molar-refractivity contribution in [3.8, 4) is 0 Å². The molecule has 0 aliphatic heterocycles. The van der Waals surface area contributed by atoms with Gasteiger partial charge in [0.05, 0.1) is 6.61 Å². The Bertz CT molecular complexity index is 461. The number of esters is 1. The summed E-state index contributed by atoms with van der Waals surface area (Å²) >= 11 is 1.66. The number of halogens is 1. The Morgan fingerprint density at radius 1 is 1.43 bits per heavy atom. The van der Waals surface area contributed by atoms with Gasteiger partial charge in [-0.2, -0.15) is 0 Å². The highest BCUT2D eigenvalue weighted by atomic mass is 127. The molecule has 6 nitrogen and oxygen atoms in total. The number of H-pyrrole nitrogens is 2. The lowest BCUT2D eigenvalue weighted by molar-refractivity contribution is 0.0517. The molecular formula is C7H7IN2O4. The monoisotopic (exact) mass is 310 g/mol. The molecule has 0 saturated carbocycles. The molecule has 2 N–H and O–H groups in total. The Morgan fingerprint density at radius 3 is 2.64 bits per heavy atom. The average molecular weight is 310 g/mol. The molecule has 0 fully saturated rings. The van der Waals surface area contributed by atoms with Gasteiger partial charge in [-0.1, -0.05) is 0 Å². The first-order valence-corrected chi connectivity index (χ1v) is 4.83. The van der Waals surface area contributed by atoms with E-state index >= 15 is 0 Å². The van der Waals surface area contributed by atoms with Crippen LogP contribution in [-0.2, 0) is 4.74 Å². The molecule has 0 spiro atoms. The van der Waals surface area contributed by atoms with E-state index in [1.807, 2.05) is 4.98 Å². The fraction of sp³-hybridized carbons (Fsp3) is 0.286. The van der Waals surface area contributed by atoms with E-state index in [9.17, 15) is 14.4 Å². The Kier molecular flexibility index (Phi) is 3.44. The van der Waals surface area contributed by atoms with Crippen LogP contribution >= 0.6 is 22.6 Å². The summed E-state index contributed by atoms with van der Waals surface area (Å²) in [6, 6.07) is 0. The average Bonchev–Trinajstić information content (AvgIpc) is 2.11. The van der Waals surface area contributed by atoms with Crippen LogP contribution in [0.4, 0.5) is 0 Å². The zero-order valence-corrected chi connectivity index (χ0v) is 9.38. The molecule has 0 amide bonds. The first-order valence-electron chi connectivity index (χ1n) is 3.75. The second-order valence-corrected chi connectivity index (χ2v) is 3.40. The SMILES string of the molecule is CCOC(=O)c1[nH]c(=O)[nH]c(=O)c1I. The largest absolute Gasteiger partial charge is 0.461 e. The highest BCUT2D eigenvalue weighted by Gasteiger charge is 2.14. The van der Waals surface area contributed by atoms with E-state index in [2.05, 4.69) is 9.72 Å². The van der Waals surface area contributed by atoms with Crippen molar-refractivity contribution in [1.82, 2.24) is 9.97 Å².